The van der Waals surface area contributed by atoms with Gasteiger partial charge in [0.25, 0.3) is 0 Å². The summed E-state index contributed by atoms with van der Waals surface area (Å²) in [4.78, 5) is 1.02. The number of nitrogens with two attached hydrogens (primary N) is 1. The molecule has 0 spiro atoms. The summed E-state index contributed by atoms with van der Waals surface area (Å²) in [7, 11) is -3.34. The SMILES string of the molecule is CC1(CNS(=O)(=O)c2ccc(CCN)s2)CCC1. The van der Waals surface area contributed by atoms with Crippen LogP contribution in [0.1, 0.15) is 31.1 Å². The maximum Gasteiger partial charge on any atom is 0.250 e. The fraction of sp³-hybridized carbons (Fsp3) is 0.667. The van der Waals surface area contributed by atoms with Crippen molar-refractivity contribution in [1.29, 1.82) is 0 Å². The van der Waals surface area contributed by atoms with Gasteiger partial charge in [-0.1, -0.05) is 13.3 Å². The Morgan fingerprint density at radius 1 is 1.44 bits per heavy atom. The summed E-state index contributed by atoms with van der Waals surface area (Å²) in [6, 6.07) is 3.51. The van der Waals surface area contributed by atoms with E-state index in [1.165, 1.54) is 17.8 Å². The van der Waals surface area contributed by atoms with E-state index in [-0.39, 0.29) is 5.41 Å². The van der Waals surface area contributed by atoms with E-state index in [4.69, 9.17) is 5.73 Å². The molecule has 1 aliphatic carbocycles. The van der Waals surface area contributed by atoms with Crippen molar-refractivity contribution in [3.8, 4) is 0 Å². The first kappa shape index (κ1) is 14.0. The predicted octanol–water partition coefficient (Wildman–Crippen LogP) is 1.72. The second kappa shape index (κ2) is 5.28. The van der Waals surface area contributed by atoms with Crippen molar-refractivity contribution < 1.29 is 8.42 Å². The van der Waals surface area contributed by atoms with Gasteiger partial charge in [-0.15, -0.1) is 11.3 Å². The normalized spacial score (nSPS) is 18.6. The second-order valence-corrected chi connectivity index (χ2v) is 8.41. The molecule has 0 aromatic carbocycles. The molecule has 18 heavy (non-hydrogen) atoms. The van der Waals surface area contributed by atoms with Crippen LogP contribution in [-0.4, -0.2) is 21.5 Å². The van der Waals surface area contributed by atoms with Crippen LogP contribution in [0.25, 0.3) is 0 Å². The number of hydrogen-bond acceptors (Lipinski definition) is 4. The smallest absolute Gasteiger partial charge is 0.250 e. The van der Waals surface area contributed by atoms with E-state index in [1.54, 1.807) is 6.07 Å². The zero-order chi connectivity index (χ0) is 13.2. The fourth-order valence-corrected chi connectivity index (χ4v) is 4.69. The molecule has 1 heterocycles. The lowest BCUT2D eigenvalue weighted by molar-refractivity contribution is 0.166. The quantitative estimate of drug-likeness (QED) is 0.837. The summed E-state index contributed by atoms with van der Waals surface area (Å²) in [5, 5.41) is 0. The minimum absolute atomic E-state index is 0.157. The molecule has 0 amide bonds. The summed E-state index contributed by atoms with van der Waals surface area (Å²) < 4.78 is 27.3. The molecule has 1 fully saturated rings. The highest BCUT2D eigenvalue weighted by atomic mass is 32.2. The Hall–Kier alpha value is -0.430. The minimum atomic E-state index is -3.34. The van der Waals surface area contributed by atoms with Crippen molar-refractivity contribution in [2.45, 2.75) is 36.8 Å². The van der Waals surface area contributed by atoms with Gasteiger partial charge >= 0.3 is 0 Å². The van der Waals surface area contributed by atoms with Gasteiger partial charge in [0, 0.05) is 11.4 Å². The van der Waals surface area contributed by atoms with Crippen LogP contribution < -0.4 is 10.5 Å². The monoisotopic (exact) mass is 288 g/mol. The molecule has 0 unspecified atom stereocenters. The average Bonchev–Trinajstić information content (AvgIpc) is 2.74. The first-order valence-corrected chi connectivity index (χ1v) is 8.54. The minimum Gasteiger partial charge on any atom is -0.330 e. The van der Waals surface area contributed by atoms with E-state index in [0.29, 0.717) is 17.3 Å². The van der Waals surface area contributed by atoms with Gasteiger partial charge in [-0.05, 0) is 43.4 Å². The van der Waals surface area contributed by atoms with Crippen molar-refractivity contribution in [3.05, 3.63) is 17.0 Å². The van der Waals surface area contributed by atoms with E-state index < -0.39 is 10.0 Å². The molecule has 0 bridgehead atoms. The molecule has 2 rings (SSSR count). The predicted molar refractivity (Wildman–Crippen MR) is 74.2 cm³/mol. The van der Waals surface area contributed by atoms with Gasteiger partial charge in [0.15, 0.2) is 0 Å². The van der Waals surface area contributed by atoms with Crippen LogP contribution in [0.4, 0.5) is 0 Å². The standard InChI is InChI=1S/C12H20N2O2S2/c1-12(6-2-7-12)9-14-18(15,16)11-4-3-10(17-11)5-8-13/h3-4,14H,2,5-9,13H2,1H3. The molecule has 0 aliphatic heterocycles. The third-order valence-electron chi connectivity index (χ3n) is 3.54. The molecule has 1 aromatic rings. The summed E-state index contributed by atoms with van der Waals surface area (Å²) in [5.41, 5.74) is 5.62. The molecule has 1 saturated carbocycles. The topological polar surface area (TPSA) is 72.2 Å². The number of sulfonamides is 1. The first-order valence-electron chi connectivity index (χ1n) is 6.24. The molecule has 0 atom stereocenters. The van der Waals surface area contributed by atoms with Crippen LogP contribution in [-0.2, 0) is 16.4 Å². The van der Waals surface area contributed by atoms with Crippen molar-refractivity contribution >= 4 is 21.4 Å². The highest BCUT2D eigenvalue weighted by Gasteiger charge is 2.33. The molecule has 6 heteroatoms. The Balaban J connectivity index is 2.00. The van der Waals surface area contributed by atoms with E-state index in [1.807, 2.05) is 6.07 Å². The zero-order valence-electron chi connectivity index (χ0n) is 10.6. The Labute approximate surface area is 113 Å². The molecule has 1 aromatic heterocycles. The van der Waals surface area contributed by atoms with Gasteiger partial charge in [0.1, 0.15) is 4.21 Å². The van der Waals surface area contributed by atoms with Gasteiger partial charge in [-0.3, -0.25) is 0 Å². The summed E-state index contributed by atoms with van der Waals surface area (Å²) in [6.07, 6.45) is 4.16. The Morgan fingerprint density at radius 3 is 2.72 bits per heavy atom. The third-order valence-corrected chi connectivity index (χ3v) is 6.58. The Bertz CT molecular complexity index is 504. The first-order chi connectivity index (χ1) is 8.45. The van der Waals surface area contributed by atoms with E-state index in [2.05, 4.69) is 11.6 Å². The Kier molecular flexibility index (Phi) is 4.11. The Morgan fingerprint density at radius 2 is 2.17 bits per heavy atom. The van der Waals surface area contributed by atoms with E-state index in [0.717, 1.165) is 24.1 Å². The maximum atomic E-state index is 12.1. The molecular formula is C12H20N2O2S2. The molecule has 4 nitrogen and oxygen atoms in total. The molecule has 102 valence electrons. The largest absolute Gasteiger partial charge is 0.330 e. The van der Waals surface area contributed by atoms with Gasteiger partial charge in [0.2, 0.25) is 10.0 Å². The highest BCUT2D eigenvalue weighted by molar-refractivity contribution is 7.91. The summed E-state index contributed by atoms with van der Waals surface area (Å²) in [5.74, 6) is 0. The number of hydrogen-bond donors (Lipinski definition) is 2. The van der Waals surface area contributed by atoms with E-state index in [9.17, 15) is 8.42 Å². The zero-order valence-corrected chi connectivity index (χ0v) is 12.2. The van der Waals surface area contributed by atoms with Crippen molar-refractivity contribution in [2.75, 3.05) is 13.1 Å². The van der Waals surface area contributed by atoms with Crippen molar-refractivity contribution in [2.24, 2.45) is 11.1 Å². The lowest BCUT2D eigenvalue weighted by Gasteiger charge is -2.38. The lowest BCUT2D eigenvalue weighted by Crippen LogP contribution is -2.39. The van der Waals surface area contributed by atoms with Crippen LogP contribution in [0.15, 0.2) is 16.3 Å². The maximum absolute atomic E-state index is 12.1. The lowest BCUT2D eigenvalue weighted by atomic mass is 9.71. The number of thiophene rings is 1. The van der Waals surface area contributed by atoms with Crippen LogP contribution in [0.2, 0.25) is 0 Å². The highest BCUT2D eigenvalue weighted by Crippen LogP contribution is 2.39. The van der Waals surface area contributed by atoms with E-state index >= 15 is 0 Å². The van der Waals surface area contributed by atoms with Crippen molar-refractivity contribution in [3.63, 3.8) is 0 Å². The van der Waals surface area contributed by atoms with Gasteiger partial charge in [-0.2, -0.15) is 0 Å². The summed E-state index contributed by atoms with van der Waals surface area (Å²) >= 11 is 1.31. The van der Waals surface area contributed by atoms with Crippen molar-refractivity contribution in [1.82, 2.24) is 4.72 Å². The van der Waals surface area contributed by atoms with Crippen LogP contribution in [0, 0.1) is 5.41 Å². The van der Waals surface area contributed by atoms with Gasteiger partial charge in [0.05, 0.1) is 0 Å². The van der Waals surface area contributed by atoms with Gasteiger partial charge in [-0.25, -0.2) is 13.1 Å². The summed E-state index contributed by atoms with van der Waals surface area (Å²) in [6.45, 7) is 3.22. The van der Waals surface area contributed by atoms with Crippen LogP contribution in [0.3, 0.4) is 0 Å². The fourth-order valence-electron chi connectivity index (χ4n) is 2.08. The molecular weight excluding hydrogens is 268 g/mol. The molecule has 0 saturated heterocycles. The molecule has 3 N–H and O–H groups in total. The molecule has 1 aliphatic rings. The average molecular weight is 288 g/mol. The number of rotatable bonds is 6. The third kappa shape index (κ3) is 3.12. The van der Waals surface area contributed by atoms with Gasteiger partial charge < -0.3 is 5.73 Å². The van der Waals surface area contributed by atoms with Crippen LogP contribution in [0.5, 0.6) is 0 Å². The second-order valence-electron chi connectivity index (χ2n) is 5.25. The molecule has 0 radical (unpaired) electrons. The number of nitrogens with one attached hydrogen (secondary N) is 1. The van der Waals surface area contributed by atoms with Crippen LogP contribution >= 0.6 is 11.3 Å².